The monoisotopic (exact) mass is 243 g/mol. The maximum Gasteiger partial charge on any atom is 0.120 e. The molecule has 0 heterocycles. The summed E-state index contributed by atoms with van der Waals surface area (Å²) in [5, 5.41) is 12.6. The lowest BCUT2D eigenvalue weighted by atomic mass is 10.1. The molecule has 1 aromatic carbocycles. The number of methoxy groups -OCH3 is 1. The topological polar surface area (TPSA) is 41.5 Å². The Morgan fingerprint density at radius 2 is 2.19 bits per heavy atom. The van der Waals surface area contributed by atoms with Crippen LogP contribution in [0.5, 0.6) is 5.75 Å². The van der Waals surface area contributed by atoms with Crippen LogP contribution < -0.4 is 10.1 Å². The molecule has 0 amide bonds. The average Bonchev–Trinajstić information content (AvgIpc) is 2.30. The summed E-state index contributed by atoms with van der Waals surface area (Å²) in [4.78, 5) is 0. The van der Waals surface area contributed by atoms with Crippen molar-refractivity contribution in [3.63, 3.8) is 0 Å². The third-order valence-corrected chi connectivity index (χ3v) is 2.69. The van der Waals surface area contributed by atoms with Gasteiger partial charge in [0.05, 0.1) is 7.11 Å². The Morgan fingerprint density at radius 3 is 2.81 bits per heavy atom. The van der Waals surface area contributed by atoms with Gasteiger partial charge in [0.2, 0.25) is 0 Å². The zero-order valence-corrected chi connectivity index (χ0v) is 10.3. The fourth-order valence-electron chi connectivity index (χ4n) is 1.41. The first-order valence-electron chi connectivity index (χ1n) is 5.42. The van der Waals surface area contributed by atoms with Crippen molar-refractivity contribution < 1.29 is 9.84 Å². The van der Waals surface area contributed by atoms with Gasteiger partial charge in [-0.2, -0.15) is 0 Å². The summed E-state index contributed by atoms with van der Waals surface area (Å²) in [6.07, 6.45) is 1.67. The minimum atomic E-state index is 0.232. The Kier molecular flexibility index (Phi) is 6.23. The second-order valence-electron chi connectivity index (χ2n) is 3.53. The molecule has 0 aromatic heterocycles. The third kappa shape index (κ3) is 4.39. The maximum absolute atomic E-state index is 8.61. The van der Waals surface area contributed by atoms with Gasteiger partial charge in [-0.1, -0.05) is 17.7 Å². The first-order valence-corrected chi connectivity index (χ1v) is 5.79. The summed E-state index contributed by atoms with van der Waals surface area (Å²) in [6.45, 7) is 1.94. The van der Waals surface area contributed by atoms with E-state index in [0.29, 0.717) is 0 Å². The molecule has 2 N–H and O–H groups in total. The number of aliphatic hydroxyl groups is 1. The van der Waals surface area contributed by atoms with E-state index >= 15 is 0 Å². The molecule has 16 heavy (non-hydrogen) atoms. The zero-order valence-electron chi connectivity index (χ0n) is 9.50. The van der Waals surface area contributed by atoms with Crippen LogP contribution in [0.15, 0.2) is 18.2 Å². The van der Waals surface area contributed by atoms with Crippen LogP contribution in [0.2, 0.25) is 5.02 Å². The summed E-state index contributed by atoms with van der Waals surface area (Å²) in [5.74, 6) is 0.780. The molecular weight excluding hydrogens is 226 g/mol. The zero-order chi connectivity index (χ0) is 11.8. The highest BCUT2D eigenvalue weighted by Crippen LogP contribution is 2.22. The van der Waals surface area contributed by atoms with E-state index in [-0.39, 0.29) is 6.61 Å². The molecule has 0 radical (unpaired) electrons. The number of ether oxygens (including phenoxy) is 1. The number of hydrogen-bond donors (Lipinski definition) is 2. The number of aliphatic hydroxyl groups excluding tert-OH is 1. The van der Waals surface area contributed by atoms with Gasteiger partial charge in [0.1, 0.15) is 5.75 Å². The van der Waals surface area contributed by atoms with Crippen molar-refractivity contribution in [2.75, 3.05) is 26.8 Å². The molecule has 3 nitrogen and oxygen atoms in total. The summed E-state index contributed by atoms with van der Waals surface area (Å²) in [6, 6.07) is 5.72. The molecule has 4 heteroatoms. The Bertz CT molecular complexity index is 318. The lowest BCUT2D eigenvalue weighted by molar-refractivity contribution is 0.286. The second kappa shape index (κ2) is 7.49. The lowest BCUT2D eigenvalue weighted by Crippen LogP contribution is -2.19. The standard InChI is InChI=1S/C12H18ClNO2/c1-16-11-4-3-10(12(13)9-11)5-7-14-6-2-8-15/h3-4,9,14-15H,2,5-8H2,1H3. The molecule has 1 rings (SSSR count). The summed E-state index contributed by atoms with van der Waals surface area (Å²) < 4.78 is 5.08. The van der Waals surface area contributed by atoms with Crippen molar-refractivity contribution in [1.29, 1.82) is 0 Å². The van der Waals surface area contributed by atoms with E-state index in [9.17, 15) is 0 Å². The van der Waals surface area contributed by atoms with Crippen LogP contribution in [0.3, 0.4) is 0 Å². The molecule has 1 aromatic rings. The van der Waals surface area contributed by atoms with Crippen LogP contribution in [-0.4, -0.2) is 31.9 Å². The van der Waals surface area contributed by atoms with E-state index in [1.165, 1.54) is 0 Å². The predicted octanol–water partition coefficient (Wildman–Crippen LogP) is 1.86. The molecule has 0 aliphatic heterocycles. The lowest BCUT2D eigenvalue weighted by Gasteiger charge is -2.07. The van der Waals surface area contributed by atoms with Crippen LogP contribution in [-0.2, 0) is 6.42 Å². The number of nitrogens with one attached hydrogen (secondary N) is 1. The van der Waals surface area contributed by atoms with E-state index < -0.39 is 0 Å². The average molecular weight is 244 g/mol. The molecule has 0 saturated carbocycles. The van der Waals surface area contributed by atoms with Crippen molar-refractivity contribution in [3.8, 4) is 5.75 Å². The highest BCUT2D eigenvalue weighted by Gasteiger charge is 2.01. The molecule has 0 aliphatic rings. The van der Waals surface area contributed by atoms with Gasteiger partial charge in [-0.25, -0.2) is 0 Å². The van der Waals surface area contributed by atoms with Crippen molar-refractivity contribution in [2.24, 2.45) is 0 Å². The highest BCUT2D eigenvalue weighted by molar-refractivity contribution is 6.31. The minimum absolute atomic E-state index is 0.232. The van der Waals surface area contributed by atoms with Crippen molar-refractivity contribution in [3.05, 3.63) is 28.8 Å². The van der Waals surface area contributed by atoms with Crippen molar-refractivity contribution in [2.45, 2.75) is 12.8 Å². The Labute approximate surface area is 101 Å². The minimum Gasteiger partial charge on any atom is -0.497 e. The van der Waals surface area contributed by atoms with Gasteiger partial charge in [-0.15, -0.1) is 0 Å². The van der Waals surface area contributed by atoms with Gasteiger partial charge in [0, 0.05) is 11.6 Å². The Balaban J connectivity index is 2.36. The molecule has 90 valence electrons. The van der Waals surface area contributed by atoms with E-state index in [1.54, 1.807) is 7.11 Å². The second-order valence-corrected chi connectivity index (χ2v) is 3.94. The smallest absolute Gasteiger partial charge is 0.120 e. The highest BCUT2D eigenvalue weighted by atomic mass is 35.5. The van der Waals surface area contributed by atoms with Gasteiger partial charge in [-0.05, 0) is 43.6 Å². The van der Waals surface area contributed by atoms with Gasteiger partial charge < -0.3 is 15.2 Å². The van der Waals surface area contributed by atoms with Crippen molar-refractivity contribution >= 4 is 11.6 Å². The van der Waals surface area contributed by atoms with Gasteiger partial charge >= 0.3 is 0 Å². The van der Waals surface area contributed by atoms with Crippen LogP contribution in [0, 0.1) is 0 Å². The van der Waals surface area contributed by atoms with Gasteiger partial charge in [0.15, 0.2) is 0 Å². The number of halogens is 1. The SMILES string of the molecule is COc1ccc(CCNCCCO)c(Cl)c1. The molecule has 0 fully saturated rings. The van der Waals surface area contributed by atoms with E-state index in [1.807, 2.05) is 18.2 Å². The van der Waals surface area contributed by atoms with Crippen LogP contribution in [0.1, 0.15) is 12.0 Å². The number of benzene rings is 1. The van der Waals surface area contributed by atoms with Gasteiger partial charge in [-0.3, -0.25) is 0 Å². The fraction of sp³-hybridized carbons (Fsp3) is 0.500. The largest absolute Gasteiger partial charge is 0.497 e. The molecule has 0 bridgehead atoms. The Morgan fingerprint density at radius 1 is 1.38 bits per heavy atom. The predicted molar refractivity (Wildman–Crippen MR) is 66.3 cm³/mol. The number of rotatable bonds is 7. The normalized spacial score (nSPS) is 10.4. The van der Waals surface area contributed by atoms with Crippen LogP contribution >= 0.6 is 11.6 Å². The molecular formula is C12H18ClNO2. The summed E-state index contributed by atoms with van der Waals surface area (Å²) in [7, 11) is 1.63. The fourth-order valence-corrected chi connectivity index (χ4v) is 1.67. The van der Waals surface area contributed by atoms with E-state index in [0.717, 1.165) is 42.3 Å². The molecule has 0 aliphatic carbocycles. The van der Waals surface area contributed by atoms with Crippen LogP contribution in [0.4, 0.5) is 0 Å². The molecule has 0 saturated heterocycles. The van der Waals surface area contributed by atoms with E-state index in [2.05, 4.69) is 5.32 Å². The molecule has 0 atom stereocenters. The van der Waals surface area contributed by atoms with Crippen molar-refractivity contribution in [1.82, 2.24) is 5.32 Å². The van der Waals surface area contributed by atoms with Crippen LogP contribution in [0.25, 0.3) is 0 Å². The third-order valence-electron chi connectivity index (χ3n) is 2.34. The molecule has 0 unspecified atom stereocenters. The van der Waals surface area contributed by atoms with E-state index in [4.69, 9.17) is 21.4 Å². The quantitative estimate of drug-likeness (QED) is 0.719. The first kappa shape index (κ1) is 13.3. The van der Waals surface area contributed by atoms with Gasteiger partial charge in [0.25, 0.3) is 0 Å². The summed E-state index contributed by atoms with van der Waals surface area (Å²) in [5.41, 5.74) is 1.11. The number of hydrogen-bond acceptors (Lipinski definition) is 3. The molecule has 0 spiro atoms. The first-order chi connectivity index (χ1) is 7.77. The Hall–Kier alpha value is -0.770. The summed E-state index contributed by atoms with van der Waals surface area (Å²) >= 11 is 6.10. The maximum atomic E-state index is 8.61.